The van der Waals surface area contributed by atoms with E-state index in [1.54, 1.807) is 18.3 Å². The molecule has 3 aromatic carbocycles. The SMILES string of the molecule is NCc1ccnc(CNC(=O)C2Cc3c([nH]c4ccccc34)CN2c2ccc(Oc3ccc(C(F)(F)F)cc3)cc2)c1. The standard InChI is InChI=1S/C32H28F3N5O2/c33-32(34,35)21-5-9-24(10-6-21)42-25-11-7-23(8-12-25)40-19-29-27(26-3-1-2-4-28(26)39-29)16-30(40)31(41)38-18-22-15-20(17-36)13-14-37-22/h1-15,30,39H,16-19,36H2,(H,38,41). The number of H-pyrrole nitrogens is 1. The fourth-order valence-corrected chi connectivity index (χ4v) is 5.31. The Labute approximate surface area is 240 Å². The van der Waals surface area contributed by atoms with Crippen molar-refractivity contribution < 1.29 is 22.7 Å². The van der Waals surface area contributed by atoms with Gasteiger partial charge in [0.15, 0.2) is 0 Å². The molecule has 1 aliphatic rings. The fourth-order valence-electron chi connectivity index (χ4n) is 5.31. The minimum atomic E-state index is -4.41. The molecule has 0 fully saturated rings. The van der Waals surface area contributed by atoms with Crippen LogP contribution in [0.15, 0.2) is 91.1 Å². The lowest BCUT2D eigenvalue weighted by Crippen LogP contribution is -2.50. The van der Waals surface area contributed by atoms with E-state index in [2.05, 4.69) is 21.4 Å². The zero-order chi connectivity index (χ0) is 29.3. The molecule has 1 atom stereocenters. The predicted molar refractivity (Wildman–Crippen MR) is 154 cm³/mol. The lowest BCUT2D eigenvalue weighted by atomic mass is 9.95. The number of pyridine rings is 1. The van der Waals surface area contributed by atoms with Crippen LogP contribution in [0.4, 0.5) is 18.9 Å². The van der Waals surface area contributed by atoms with E-state index < -0.39 is 17.8 Å². The molecule has 42 heavy (non-hydrogen) atoms. The number of alkyl halides is 3. The first-order valence-electron chi connectivity index (χ1n) is 13.5. The Morgan fingerprint density at radius 3 is 2.45 bits per heavy atom. The van der Waals surface area contributed by atoms with Crippen LogP contribution >= 0.6 is 0 Å². The normalized spacial score (nSPS) is 15.0. The van der Waals surface area contributed by atoms with E-state index in [1.807, 2.05) is 47.4 Å². The highest BCUT2D eigenvalue weighted by Crippen LogP contribution is 2.35. The van der Waals surface area contributed by atoms with E-state index in [-0.39, 0.29) is 12.5 Å². The minimum absolute atomic E-state index is 0.129. The number of para-hydroxylation sites is 1. The third kappa shape index (κ3) is 5.66. The second kappa shape index (κ2) is 11.2. The average molecular weight is 572 g/mol. The van der Waals surface area contributed by atoms with Crippen LogP contribution in [0.5, 0.6) is 11.5 Å². The number of carbonyl (C=O) groups excluding carboxylic acids is 1. The van der Waals surface area contributed by atoms with Crippen LogP contribution < -0.4 is 20.7 Å². The number of fused-ring (bicyclic) bond motifs is 3. The van der Waals surface area contributed by atoms with Crippen molar-refractivity contribution in [2.75, 3.05) is 4.90 Å². The van der Waals surface area contributed by atoms with Crippen LogP contribution in [-0.4, -0.2) is 21.9 Å². The van der Waals surface area contributed by atoms with Crippen LogP contribution in [0.3, 0.4) is 0 Å². The van der Waals surface area contributed by atoms with Crippen molar-refractivity contribution in [3.05, 3.63) is 119 Å². The highest BCUT2D eigenvalue weighted by molar-refractivity contribution is 5.90. The molecule has 5 aromatic rings. The van der Waals surface area contributed by atoms with E-state index in [1.165, 1.54) is 12.1 Å². The lowest BCUT2D eigenvalue weighted by molar-refractivity contribution is -0.137. The number of nitrogens with zero attached hydrogens (tertiary/aromatic N) is 2. The maximum atomic E-state index is 13.7. The summed E-state index contributed by atoms with van der Waals surface area (Å²) in [4.78, 5) is 23.6. The number of halogens is 3. The zero-order valence-electron chi connectivity index (χ0n) is 22.5. The van der Waals surface area contributed by atoms with E-state index in [9.17, 15) is 18.0 Å². The quantitative estimate of drug-likeness (QED) is 0.220. The zero-order valence-corrected chi connectivity index (χ0v) is 22.5. The van der Waals surface area contributed by atoms with E-state index in [4.69, 9.17) is 10.5 Å². The van der Waals surface area contributed by atoms with E-state index >= 15 is 0 Å². The number of nitrogens with one attached hydrogen (secondary N) is 2. The molecular weight excluding hydrogens is 543 g/mol. The number of hydrogen-bond acceptors (Lipinski definition) is 5. The summed E-state index contributed by atoms with van der Waals surface area (Å²) >= 11 is 0. The molecule has 214 valence electrons. The van der Waals surface area contributed by atoms with Crippen molar-refractivity contribution in [3.8, 4) is 11.5 Å². The second-order valence-corrected chi connectivity index (χ2v) is 10.2. The number of rotatable bonds is 7. The molecule has 1 aliphatic heterocycles. The molecule has 3 heterocycles. The Morgan fingerprint density at radius 2 is 1.74 bits per heavy atom. The first kappa shape index (κ1) is 27.3. The summed E-state index contributed by atoms with van der Waals surface area (Å²) < 4.78 is 44.5. The van der Waals surface area contributed by atoms with Crippen LogP contribution in [-0.2, 0) is 37.0 Å². The van der Waals surface area contributed by atoms with Gasteiger partial charge in [0.2, 0.25) is 5.91 Å². The first-order valence-corrected chi connectivity index (χ1v) is 13.5. The number of anilines is 1. The maximum Gasteiger partial charge on any atom is 0.416 e. The van der Waals surface area contributed by atoms with Gasteiger partial charge in [-0.2, -0.15) is 13.2 Å². The molecule has 1 unspecified atom stereocenters. The third-order valence-corrected chi connectivity index (χ3v) is 7.45. The predicted octanol–water partition coefficient (Wildman–Crippen LogP) is 6.08. The van der Waals surface area contributed by atoms with Gasteiger partial charge in [0.05, 0.1) is 24.3 Å². The fraction of sp³-hybridized carbons (Fsp3) is 0.188. The summed E-state index contributed by atoms with van der Waals surface area (Å²) in [5.74, 6) is 0.630. The van der Waals surface area contributed by atoms with Crippen molar-refractivity contribution in [2.45, 2.75) is 38.3 Å². The largest absolute Gasteiger partial charge is 0.457 e. The van der Waals surface area contributed by atoms with E-state index in [0.717, 1.165) is 51.2 Å². The van der Waals surface area contributed by atoms with Gasteiger partial charge in [-0.3, -0.25) is 9.78 Å². The van der Waals surface area contributed by atoms with Gasteiger partial charge >= 0.3 is 6.18 Å². The van der Waals surface area contributed by atoms with Gasteiger partial charge in [0.25, 0.3) is 0 Å². The average Bonchev–Trinajstić information content (AvgIpc) is 3.37. The molecule has 2 aromatic heterocycles. The van der Waals surface area contributed by atoms with Crippen LogP contribution in [0.2, 0.25) is 0 Å². The Balaban J connectivity index is 1.24. The monoisotopic (exact) mass is 571 g/mol. The topological polar surface area (TPSA) is 96.3 Å². The molecule has 0 spiro atoms. The smallest absolute Gasteiger partial charge is 0.416 e. The van der Waals surface area contributed by atoms with Crippen molar-refractivity contribution in [1.29, 1.82) is 0 Å². The Bertz CT molecular complexity index is 1720. The van der Waals surface area contributed by atoms with Gasteiger partial charge in [-0.15, -0.1) is 0 Å². The number of aromatic amines is 1. The molecule has 0 radical (unpaired) electrons. The van der Waals surface area contributed by atoms with Crippen molar-refractivity contribution in [1.82, 2.24) is 15.3 Å². The number of aromatic nitrogens is 2. The molecule has 0 saturated heterocycles. The van der Waals surface area contributed by atoms with Gasteiger partial charge in [0, 0.05) is 41.4 Å². The van der Waals surface area contributed by atoms with Crippen molar-refractivity contribution in [3.63, 3.8) is 0 Å². The van der Waals surface area contributed by atoms with Crippen molar-refractivity contribution in [2.24, 2.45) is 5.73 Å². The minimum Gasteiger partial charge on any atom is -0.457 e. The molecular formula is C32H28F3N5O2. The summed E-state index contributed by atoms with van der Waals surface area (Å²) in [7, 11) is 0. The molecule has 0 saturated carbocycles. The molecule has 10 heteroatoms. The number of benzene rings is 3. The summed E-state index contributed by atoms with van der Waals surface area (Å²) in [5, 5.41) is 4.15. The number of nitrogens with two attached hydrogens (primary N) is 1. The van der Waals surface area contributed by atoms with Gasteiger partial charge in [0.1, 0.15) is 17.5 Å². The summed E-state index contributed by atoms with van der Waals surface area (Å²) in [6.45, 7) is 1.15. The number of amides is 1. The van der Waals surface area contributed by atoms with Gasteiger partial charge in [-0.05, 0) is 77.9 Å². The third-order valence-electron chi connectivity index (χ3n) is 7.45. The Morgan fingerprint density at radius 1 is 1.02 bits per heavy atom. The highest BCUT2D eigenvalue weighted by atomic mass is 19.4. The molecule has 0 aliphatic carbocycles. The summed E-state index contributed by atoms with van der Waals surface area (Å²) in [6.07, 6.45) is -2.22. The first-order chi connectivity index (χ1) is 20.3. The molecule has 4 N–H and O–H groups in total. The molecule has 0 bridgehead atoms. The summed E-state index contributed by atoms with van der Waals surface area (Å²) in [6, 6.07) is 23.0. The van der Waals surface area contributed by atoms with Crippen molar-refractivity contribution >= 4 is 22.5 Å². The molecule has 6 rings (SSSR count). The molecule has 1 amide bonds. The van der Waals surface area contributed by atoms with Crippen LogP contribution in [0, 0.1) is 0 Å². The number of ether oxygens (including phenoxy) is 1. The van der Waals surface area contributed by atoms with Gasteiger partial charge in [-0.25, -0.2) is 0 Å². The maximum absolute atomic E-state index is 13.7. The summed E-state index contributed by atoms with van der Waals surface area (Å²) in [5.41, 5.74) is 10.7. The number of hydrogen-bond donors (Lipinski definition) is 3. The van der Waals surface area contributed by atoms with Gasteiger partial charge in [-0.1, -0.05) is 18.2 Å². The molecule has 7 nitrogen and oxygen atoms in total. The van der Waals surface area contributed by atoms with Crippen LogP contribution in [0.25, 0.3) is 10.9 Å². The lowest BCUT2D eigenvalue weighted by Gasteiger charge is -2.36. The number of carbonyl (C=O) groups is 1. The Kier molecular flexibility index (Phi) is 7.30. The van der Waals surface area contributed by atoms with Crippen LogP contribution in [0.1, 0.15) is 28.1 Å². The highest BCUT2D eigenvalue weighted by Gasteiger charge is 2.34. The Hall–Kier alpha value is -4.83. The second-order valence-electron chi connectivity index (χ2n) is 10.2. The van der Waals surface area contributed by atoms with E-state index in [0.29, 0.717) is 31.0 Å². The van der Waals surface area contributed by atoms with Gasteiger partial charge < -0.3 is 25.7 Å².